The van der Waals surface area contributed by atoms with Crippen molar-refractivity contribution >= 4 is 39.9 Å². The van der Waals surface area contributed by atoms with Crippen LogP contribution in [0.15, 0.2) is 28.7 Å². The van der Waals surface area contributed by atoms with Gasteiger partial charge in [0.2, 0.25) is 5.91 Å². The van der Waals surface area contributed by atoms with Crippen molar-refractivity contribution in [1.82, 2.24) is 0 Å². The van der Waals surface area contributed by atoms with Gasteiger partial charge in [0.25, 0.3) is 0 Å². The van der Waals surface area contributed by atoms with E-state index in [1.54, 1.807) is 4.90 Å². The van der Waals surface area contributed by atoms with E-state index in [0.717, 1.165) is 29.6 Å². The molecule has 1 aromatic carbocycles. The number of rotatable bonds is 9. The largest absolute Gasteiger partial charge is 0.380 e. The van der Waals surface area contributed by atoms with Crippen LogP contribution in [0.3, 0.4) is 0 Å². The summed E-state index contributed by atoms with van der Waals surface area (Å²) in [4.78, 5) is 13.9. The molecule has 0 aliphatic carbocycles. The Balaban J connectivity index is 0.00000400. The van der Waals surface area contributed by atoms with Crippen LogP contribution in [0.4, 0.5) is 5.69 Å². The molecule has 0 unspecified atom stereocenters. The van der Waals surface area contributed by atoms with Crippen LogP contribution < -0.4 is 10.6 Å². The number of unbranched alkanes of at least 4 members (excludes halogenated alkanes) is 1. The SMILES string of the molecule is CCCCOCCN(C(=O)CCN)c1cccc(Br)c1.Cl. The summed E-state index contributed by atoms with van der Waals surface area (Å²) in [7, 11) is 0. The number of carbonyl (C=O) groups is 1. The van der Waals surface area contributed by atoms with Gasteiger partial charge >= 0.3 is 0 Å². The maximum atomic E-state index is 12.1. The smallest absolute Gasteiger partial charge is 0.228 e. The first-order chi connectivity index (χ1) is 9.69. The molecule has 1 aromatic rings. The van der Waals surface area contributed by atoms with Gasteiger partial charge in [-0.3, -0.25) is 4.79 Å². The number of benzene rings is 1. The predicted molar refractivity (Wildman–Crippen MR) is 93.1 cm³/mol. The number of halogens is 2. The monoisotopic (exact) mass is 378 g/mol. The average Bonchev–Trinajstić information content (AvgIpc) is 2.43. The summed E-state index contributed by atoms with van der Waals surface area (Å²) in [5.41, 5.74) is 6.35. The van der Waals surface area contributed by atoms with Gasteiger partial charge in [-0.05, 0) is 24.6 Å². The highest BCUT2D eigenvalue weighted by Gasteiger charge is 2.14. The Kier molecular flexibility index (Phi) is 11.6. The van der Waals surface area contributed by atoms with Crippen molar-refractivity contribution in [2.75, 3.05) is 31.2 Å². The first-order valence-corrected chi connectivity index (χ1v) is 7.82. The minimum Gasteiger partial charge on any atom is -0.380 e. The molecule has 0 saturated heterocycles. The van der Waals surface area contributed by atoms with E-state index in [2.05, 4.69) is 22.9 Å². The predicted octanol–water partition coefficient (Wildman–Crippen LogP) is 3.37. The Morgan fingerprint density at radius 2 is 2.14 bits per heavy atom. The average molecular weight is 380 g/mol. The number of hydrogen-bond donors (Lipinski definition) is 1. The molecule has 21 heavy (non-hydrogen) atoms. The minimum absolute atomic E-state index is 0. The molecule has 0 heterocycles. The zero-order chi connectivity index (χ0) is 14.8. The molecule has 6 heteroatoms. The number of anilines is 1. The molecular weight excluding hydrogens is 356 g/mol. The highest BCUT2D eigenvalue weighted by molar-refractivity contribution is 9.10. The molecule has 2 N–H and O–H groups in total. The summed E-state index contributed by atoms with van der Waals surface area (Å²) >= 11 is 3.43. The highest BCUT2D eigenvalue weighted by atomic mass is 79.9. The molecular formula is C15H24BrClN2O2. The first-order valence-electron chi connectivity index (χ1n) is 7.02. The molecule has 1 rings (SSSR count). The number of ether oxygens (including phenoxy) is 1. The van der Waals surface area contributed by atoms with Gasteiger partial charge in [0.15, 0.2) is 0 Å². The van der Waals surface area contributed by atoms with Crippen LogP contribution in [0.5, 0.6) is 0 Å². The zero-order valence-corrected chi connectivity index (χ0v) is 14.8. The summed E-state index contributed by atoms with van der Waals surface area (Å²) in [6, 6.07) is 7.71. The maximum Gasteiger partial charge on any atom is 0.228 e. The van der Waals surface area contributed by atoms with E-state index >= 15 is 0 Å². The van der Waals surface area contributed by atoms with E-state index in [4.69, 9.17) is 10.5 Å². The van der Waals surface area contributed by atoms with Gasteiger partial charge in [-0.15, -0.1) is 12.4 Å². The van der Waals surface area contributed by atoms with Gasteiger partial charge in [0.05, 0.1) is 6.61 Å². The second-order valence-electron chi connectivity index (χ2n) is 4.53. The maximum absolute atomic E-state index is 12.1. The molecule has 4 nitrogen and oxygen atoms in total. The van der Waals surface area contributed by atoms with Crippen molar-refractivity contribution < 1.29 is 9.53 Å². The summed E-state index contributed by atoms with van der Waals surface area (Å²) in [6.07, 6.45) is 2.51. The highest BCUT2D eigenvalue weighted by Crippen LogP contribution is 2.20. The molecule has 0 aliphatic rings. The van der Waals surface area contributed by atoms with Crippen LogP contribution in [0.2, 0.25) is 0 Å². The Bertz CT molecular complexity index is 418. The van der Waals surface area contributed by atoms with Crippen LogP contribution in [-0.4, -0.2) is 32.2 Å². The molecule has 0 bridgehead atoms. The van der Waals surface area contributed by atoms with Gasteiger partial charge in [0.1, 0.15) is 0 Å². The fourth-order valence-electron chi connectivity index (χ4n) is 1.80. The van der Waals surface area contributed by atoms with Gasteiger partial charge in [-0.2, -0.15) is 0 Å². The van der Waals surface area contributed by atoms with Crippen molar-refractivity contribution in [3.8, 4) is 0 Å². The van der Waals surface area contributed by atoms with Crippen LogP contribution in [0.25, 0.3) is 0 Å². The van der Waals surface area contributed by atoms with Crippen LogP contribution in [-0.2, 0) is 9.53 Å². The summed E-state index contributed by atoms with van der Waals surface area (Å²) in [5, 5.41) is 0. The zero-order valence-electron chi connectivity index (χ0n) is 12.4. The van der Waals surface area contributed by atoms with E-state index < -0.39 is 0 Å². The van der Waals surface area contributed by atoms with E-state index in [9.17, 15) is 4.79 Å². The molecule has 0 fully saturated rings. The Morgan fingerprint density at radius 1 is 1.38 bits per heavy atom. The molecule has 0 aromatic heterocycles. The van der Waals surface area contributed by atoms with Crippen molar-refractivity contribution in [1.29, 1.82) is 0 Å². The van der Waals surface area contributed by atoms with Gasteiger partial charge in [-0.1, -0.05) is 35.3 Å². The van der Waals surface area contributed by atoms with Crippen LogP contribution in [0, 0.1) is 0 Å². The van der Waals surface area contributed by atoms with Gasteiger partial charge in [-0.25, -0.2) is 0 Å². The summed E-state index contributed by atoms with van der Waals surface area (Å²) in [6.45, 7) is 4.33. The summed E-state index contributed by atoms with van der Waals surface area (Å²) < 4.78 is 6.50. The van der Waals surface area contributed by atoms with Gasteiger partial charge < -0.3 is 15.4 Å². The third kappa shape index (κ3) is 7.81. The number of amides is 1. The molecule has 0 saturated carbocycles. The lowest BCUT2D eigenvalue weighted by Crippen LogP contribution is -2.35. The fourth-order valence-corrected chi connectivity index (χ4v) is 2.19. The van der Waals surface area contributed by atoms with E-state index in [1.807, 2.05) is 24.3 Å². The Labute approximate surface area is 141 Å². The fraction of sp³-hybridized carbons (Fsp3) is 0.533. The lowest BCUT2D eigenvalue weighted by molar-refractivity contribution is -0.118. The molecule has 0 atom stereocenters. The third-order valence-corrected chi connectivity index (χ3v) is 3.37. The lowest BCUT2D eigenvalue weighted by atomic mass is 10.2. The van der Waals surface area contributed by atoms with Crippen molar-refractivity contribution in [2.45, 2.75) is 26.2 Å². The number of nitrogens with zero attached hydrogens (tertiary/aromatic N) is 1. The third-order valence-electron chi connectivity index (χ3n) is 2.88. The van der Waals surface area contributed by atoms with Crippen molar-refractivity contribution in [3.63, 3.8) is 0 Å². The quantitative estimate of drug-likeness (QED) is 0.669. The van der Waals surface area contributed by atoms with Crippen LogP contribution >= 0.6 is 28.3 Å². The Morgan fingerprint density at radius 3 is 2.76 bits per heavy atom. The van der Waals surface area contributed by atoms with Crippen molar-refractivity contribution in [2.24, 2.45) is 5.73 Å². The molecule has 0 aliphatic heterocycles. The van der Waals surface area contributed by atoms with E-state index in [0.29, 0.717) is 26.1 Å². The topological polar surface area (TPSA) is 55.6 Å². The van der Waals surface area contributed by atoms with Gasteiger partial charge in [0, 0.05) is 36.3 Å². The van der Waals surface area contributed by atoms with Crippen molar-refractivity contribution in [3.05, 3.63) is 28.7 Å². The molecule has 1 amide bonds. The van der Waals surface area contributed by atoms with E-state index in [-0.39, 0.29) is 18.3 Å². The normalized spacial score (nSPS) is 10.0. The second kappa shape index (κ2) is 12.0. The summed E-state index contributed by atoms with van der Waals surface area (Å²) in [5.74, 6) is 0.0321. The molecule has 0 radical (unpaired) electrons. The molecule has 0 spiro atoms. The standard InChI is InChI=1S/C15H23BrN2O2.ClH/c1-2-3-10-20-11-9-18(15(19)7-8-17)14-6-4-5-13(16)12-14;/h4-6,12H,2-3,7-11,17H2,1H3;1H. The lowest BCUT2D eigenvalue weighted by Gasteiger charge is -2.23. The second-order valence-corrected chi connectivity index (χ2v) is 5.45. The molecule has 120 valence electrons. The van der Waals surface area contributed by atoms with E-state index in [1.165, 1.54) is 0 Å². The first kappa shape index (κ1) is 20.4. The minimum atomic E-state index is 0. The number of hydrogen-bond acceptors (Lipinski definition) is 3. The number of carbonyl (C=O) groups excluding carboxylic acids is 1. The number of nitrogens with two attached hydrogens (primary N) is 1. The Hall–Kier alpha value is -0.620. The van der Waals surface area contributed by atoms with Crippen LogP contribution in [0.1, 0.15) is 26.2 Å².